The maximum Gasteiger partial charge on any atom is 0.231 e. The number of rotatable bonds is 5. The van der Waals surface area contributed by atoms with Crippen molar-refractivity contribution in [2.45, 2.75) is 6.61 Å². The van der Waals surface area contributed by atoms with Gasteiger partial charge in [0, 0.05) is 11.1 Å². The molecule has 0 spiro atoms. The van der Waals surface area contributed by atoms with E-state index in [1.807, 2.05) is 18.2 Å². The second-order valence-corrected chi connectivity index (χ2v) is 6.24. The molecule has 0 fully saturated rings. The summed E-state index contributed by atoms with van der Waals surface area (Å²) in [5, 5.41) is 9.87. The second kappa shape index (κ2) is 7.48. The highest BCUT2D eigenvalue weighted by Crippen LogP contribution is 2.34. The zero-order valence-corrected chi connectivity index (χ0v) is 14.9. The van der Waals surface area contributed by atoms with Gasteiger partial charge in [0.1, 0.15) is 29.9 Å². The number of hydrogen-bond donors (Lipinski definition) is 0. The summed E-state index contributed by atoms with van der Waals surface area (Å²) < 4.78 is 22.3. The average molecular weight is 380 g/mol. The molecule has 4 rings (SSSR count). The number of halogens is 1. The topological polar surface area (TPSA) is 60.7 Å². The predicted molar refractivity (Wildman–Crippen MR) is 99.6 cm³/mol. The summed E-state index contributed by atoms with van der Waals surface area (Å²) in [5.74, 6) is 2.98. The zero-order chi connectivity index (χ0) is 18.6. The van der Waals surface area contributed by atoms with Crippen LogP contribution >= 0.6 is 11.6 Å². The Morgan fingerprint density at radius 2 is 1.85 bits per heavy atom. The van der Waals surface area contributed by atoms with E-state index in [0.717, 1.165) is 11.3 Å². The summed E-state index contributed by atoms with van der Waals surface area (Å²) in [6, 6.07) is 19.8. The highest BCUT2D eigenvalue weighted by atomic mass is 35.5. The number of benzene rings is 3. The molecule has 0 aliphatic carbocycles. The van der Waals surface area contributed by atoms with E-state index in [1.165, 1.54) is 0 Å². The lowest BCUT2D eigenvalue weighted by atomic mass is 10.2. The van der Waals surface area contributed by atoms with Crippen molar-refractivity contribution in [1.29, 1.82) is 5.26 Å². The van der Waals surface area contributed by atoms with E-state index in [0.29, 0.717) is 40.2 Å². The van der Waals surface area contributed by atoms with Gasteiger partial charge in [-0.1, -0.05) is 23.7 Å². The molecule has 0 atom stereocenters. The molecule has 0 amide bonds. The highest BCUT2D eigenvalue weighted by molar-refractivity contribution is 6.30. The largest absolute Gasteiger partial charge is 0.489 e. The molecule has 0 saturated carbocycles. The molecule has 0 N–H and O–H groups in total. The van der Waals surface area contributed by atoms with E-state index in [2.05, 4.69) is 6.07 Å². The minimum absolute atomic E-state index is 0.236. The van der Waals surface area contributed by atoms with Crippen LogP contribution in [0.2, 0.25) is 5.02 Å². The van der Waals surface area contributed by atoms with Crippen LogP contribution in [0.25, 0.3) is 0 Å². The molecule has 1 heterocycles. The molecule has 0 radical (unpaired) electrons. The summed E-state index contributed by atoms with van der Waals surface area (Å²) in [6.07, 6.45) is 0. The second-order valence-electron chi connectivity index (χ2n) is 5.81. The van der Waals surface area contributed by atoms with Crippen molar-refractivity contribution in [3.63, 3.8) is 0 Å². The number of fused-ring (bicyclic) bond motifs is 1. The van der Waals surface area contributed by atoms with E-state index in [9.17, 15) is 5.26 Å². The maximum absolute atomic E-state index is 9.32. The minimum atomic E-state index is 0.236. The van der Waals surface area contributed by atoms with Crippen LogP contribution in [0, 0.1) is 11.3 Å². The van der Waals surface area contributed by atoms with Crippen LogP contribution in [0.3, 0.4) is 0 Å². The zero-order valence-electron chi connectivity index (χ0n) is 14.1. The van der Waals surface area contributed by atoms with Crippen molar-refractivity contribution >= 4 is 11.6 Å². The van der Waals surface area contributed by atoms with Crippen molar-refractivity contribution in [3.8, 4) is 34.8 Å². The van der Waals surface area contributed by atoms with Crippen molar-refractivity contribution in [2.24, 2.45) is 0 Å². The fourth-order valence-electron chi connectivity index (χ4n) is 2.62. The first-order valence-corrected chi connectivity index (χ1v) is 8.58. The van der Waals surface area contributed by atoms with Gasteiger partial charge in [0.15, 0.2) is 11.5 Å². The van der Waals surface area contributed by atoms with Gasteiger partial charge in [0.2, 0.25) is 6.79 Å². The average Bonchev–Trinajstić information content (AvgIpc) is 3.14. The van der Waals surface area contributed by atoms with Gasteiger partial charge in [0.05, 0.1) is 5.56 Å². The third kappa shape index (κ3) is 3.91. The Kier molecular flexibility index (Phi) is 4.73. The molecule has 0 unspecified atom stereocenters. The molecule has 5 nitrogen and oxygen atoms in total. The number of nitrogens with zero attached hydrogens (tertiary/aromatic N) is 1. The summed E-state index contributed by atoms with van der Waals surface area (Å²) in [7, 11) is 0. The summed E-state index contributed by atoms with van der Waals surface area (Å²) in [5.41, 5.74) is 1.35. The van der Waals surface area contributed by atoms with Crippen LogP contribution in [0.1, 0.15) is 11.1 Å². The van der Waals surface area contributed by atoms with Gasteiger partial charge in [0.25, 0.3) is 0 Å². The molecule has 0 aromatic heterocycles. The highest BCUT2D eigenvalue weighted by Gasteiger charge is 2.13. The van der Waals surface area contributed by atoms with E-state index < -0.39 is 0 Å². The Balaban J connectivity index is 1.51. The van der Waals surface area contributed by atoms with E-state index in [-0.39, 0.29) is 6.79 Å². The first-order valence-electron chi connectivity index (χ1n) is 8.20. The van der Waals surface area contributed by atoms with Gasteiger partial charge in [-0.25, -0.2) is 0 Å². The molecule has 3 aromatic carbocycles. The third-order valence-corrected chi connectivity index (χ3v) is 4.17. The maximum atomic E-state index is 9.32. The predicted octanol–water partition coefficient (Wildman–Crippen LogP) is 5.31. The molecule has 0 saturated heterocycles. The number of hydrogen-bond acceptors (Lipinski definition) is 5. The number of ether oxygens (including phenoxy) is 4. The Bertz CT molecular complexity index is 1030. The Labute approximate surface area is 161 Å². The normalized spacial score (nSPS) is 11.7. The van der Waals surface area contributed by atoms with Crippen molar-refractivity contribution < 1.29 is 18.9 Å². The van der Waals surface area contributed by atoms with Crippen LogP contribution in [0.5, 0.6) is 28.7 Å². The molecule has 3 aromatic rings. The molecule has 134 valence electrons. The molecule has 1 aliphatic heterocycles. The fraction of sp³-hybridized carbons (Fsp3) is 0.0952. The van der Waals surface area contributed by atoms with Crippen molar-refractivity contribution in [3.05, 3.63) is 76.8 Å². The molecular weight excluding hydrogens is 366 g/mol. The molecule has 0 bridgehead atoms. The van der Waals surface area contributed by atoms with Crippen LogP contribution < -0.4 is 18.9 Å². The minimum Gasteiger partial charge on any atom is -0.489 e. The molecule has 27 heavy (non-hydrogen) atoms. The van der Waals surface area contributed by atoms with Gasteiger partial charge in [-0.05, 0) is 48.0 Å². The quantitative estimate of drug-likeness (QED) is 0.601. The lowest BCUT2D eigenvalue weighted by Crippen LogP contribution is -1.97. The smallest absolute Gasteiger partial charge is 0.231 e. The lowest BCUT2D eigenvalue weighted by molar-refractivity contribution is 0.174. The molecular formula is C21H14ClNO4. The van der Waals surface area contributed by atoms with E-state index in [4.69, 9.17) is 30.5 Å². The van der Waals surface area contributed by atoms with Crippen LogP contribution in [0.15, 0.2) is 60.7 Å². The first-order chi connectivity index (χ1) is 13.2. The van der Waals surface area contributed by atoms with Crippen LogP contribution in [-0.4, -0.2) is 6.79 Å². The third-order valence-electron chi connectivity index (χ3n) is 3.94. The Hall–Kier alpha value is -3.36. The molecule has 1 aliphatic rings. The summed E-state index contributed by atoms with van der Waals surface area (Å²) in [6.45, 7) is 0.582. The standard InChI is InChI=1S/C21H14ClNO4/c22-16-2-1-3-18(9-16)27-20-10-17(6-5-15(20)11-23)24-12-14-4-7-19-21(8-14)26-13-25-19/h1-10H,12-13H2. The van der Waals surface area contributed by atoms with E-state index >= 15 is 0 Å². The van der Waals surface area contributed by atoms with E-state index in [1.54, 1.807) is 42.5 Å². The first kappa shape index (κ1) is 17.1. The van der Waals surface area contributed by atoms with Gasteiger partial charge < -0.3 is 18.9 Å². The Morgan fingerprint density at radius 1 is 0.963 bits per heavy atom. The van der Waals surface area contributed by atoms with Gasteiger partial charge >= 0.3 is 0 Å². The van der Waals surface area contributed by atoms with Gasteiger partial charge in [-0.3, -0.25) is 0 Å². The Morgan fingerprint density at radius 3 is 2.70 bits per heavy atom. The van der Waals surface area contributed by atoms with Gasteiger partial charge in [-0.2, -0.15) is 5.26 Å². The van der Waals surface area contributed by atoms with Crippen LogP contribution in [0.4, 0.5) is 0 Å². The lowest BCUT2D eigenvalue weighted by Gasteiger charge is -2.11. The van der Waals surface area contributed by atoms with Crippen molar-refractivity contribution in [1.82, 2.24) is 0 Å². The van der Waals surface area contributed by atoms with Gasteiger partial charge in [-0.15, -0.1) is 0 Å². The SMILES string of the molecule is N#Cc1ccc(OCc2ccc3c(c2)OCO3)cc1Oc1cccc(Cl)c1. The summed E-state index contributed by atoms with van der Waals surface area (Å²) >= 11 is 5.98. The molecule has 6 heteroatoms. The number of nitriles is 1. The van der Waals surface area contributed by atoms with Crippen LogP contribution in [-0.2, 0) is 6.61 Å². The van der Waals surface area contributed by atoms with Crippen molar-refractivity contribution in [2.75, 3.05) is 6.79 Å². The fourth-order valence-corrected chi connectivity index (χ4v) is 2.80. The monoisotopic (exact) mass is 379 g/mol. The summed E-state index contributed by atoms with van der Waals surface area (Å²) in [4.78, 5) is 0.